The minimum absolute atomic E-state index is 0. The fourth-order valence-electron chi connectivity index (χ4n) is 7.10. The SMILES string of the molecule is O=[N+]([O-])O.O=[N+]([O-])O.OCC1O[C@@H](OCCOc2c(C#Cc3ccncc3)cccc2C#Cc2ccncc2)C(O)[C@@H](O)[C@@H]1O.OCC1O[C@@H](OCCOc2c(C#Cc3ccncc3)cccc2C#Cc2ccncc2)C(O)[C@@H](O)[C@@H]1O.[Pd].[Pd].[Pd]. The molecule has 6 aromatic rings. The van der Waals surface area contributed by atoms with Crippen LogP contribution < -0.4 is 9.47 Å². The van der Waals surface area contributed by atoms with Crippen LogP contribution in [0.2, 0.25) is 0 Å². The summed E-state index contributed by atoms with van der Waals surface area (Å²) in [5, 5.41) is 106. The smallest absolute Gasteiger partial charge is 0.291 e. The fraction of sp³-hybridized carbons (Fsp3) is 0.286. The van der Waals surface area contributed by atoms with Crippen LogP contribution in [0.3, 0.4) is 0 Å². The predicted molar refractivity (Wildman–Crippen MR) is 282 cm³/mol. The van der Waals surface area contributed by atoms with Gasteiger partial charge in [-0.25, -0.2) is 0 Å². The van der Waals surface area contributed by atoms with Gasteiger partial charge in [-0.15, -0.1) is 20.2 Å². The van der Waals surface area contributed by atoms with E-state index in [0.717, 1.165) is 22.3 Å². The van der Waals surface area contributed by atoms with E-state index in [-0.39, 0.29) is 87.7 Å². The number of pyridine rings is 4. The monoisotopic (exact) mass is 1450 g/mol. The van der Waals surface area contributed by atoms with E-state index in [1.165, 1.54) is 0 Å². The molecule has 2 aromatic carbocycles. The van der Waals surface area contributed by atoms with Gasteiger partial charge in [-0.1, -0.05) is 59.5 Å². The topological polar surface area (TPSA) is 396 Å². The summed E-state index contributed by atoms with van der Waals surface area (Å²) < 4.78 is 33.8. The molecule has 0 aliphatic carbocycles. The van der Waals surface area contributed by atoms with Crippen molar-refractivity contribution in [3.63, 3.8) is 0 Å². The molecule has 29 heteroatoms. The third-order valence-electron chi connectivity index (χ3n) is 11.0. The number of aromatic nitrogens is 4. The van der Waals surface area contributed by atoms with E-state index < -0.39 is 84.8 Å². The molecule has 0 bridgehead atoms. The number of ether oxygens (including phenoxy) is 6. The van der Waals surface area contributed by atoms with Crippen molar-refractivity contribution in [2.75, 3.05) is 39.6 Å². The van der Waals surface area contributed by atoms with E-state index in [1.54, 1.807) is 98.1 Å². The van der Waals surface area contributed by atoms with E-state index in [9.17, 15) is 40.9 Å². The molecule has 0 radical (unpaired) electrons. The van der Waals surface area contributed by atoms with E-state index in [1.807, 2.05) is 36.4 Å². The van der Waals surface area contributed by atoms with Crippen LogP contribution in [0, 0.1) is 67.6 Å². The summed E-state index contributed by atoms with van der Waals surface area (Å²) in [6.07, 6.45) is -0.224. The van der Waals surface area contributed by atoms with Crippen molar-refractivity contribution in [2.45, 2.75) is 61.4 Å². The van der Waals surface area contributed by atoms with Crippen LogP contribution in [0.15, 0.2) is 135 Å². The molecular formula is C56H54N6O20Pd3. The average molecular weight is 1450 g/mol. The molecule has 2 aliphatic rings. The van der Waals surface area contributed by atoms with Gasteiger partial charge in [0.1, 0.15) is 62.0 Å². The number of aliphatic hydroxyl groups excluding tert-OH is 8. The maximum atomic E-state index is 10.2. The first-order valence-corrected chi connectivity index (χ1v) is 24.3. The van der Waals surface area contributed by atoms with Gasteiger partial charge in [-0.05, 0) is 72.8 Å². The molecule has 0 amide bonds. The van der Waals surface area contributed by atoms with Crippen molar-refractivity contribution in [1.29, 1.82) is 0 Å². The van der Waals surface area contributed by atoms with Crippen molar-refractivity contribution in [2.24, 2.45) is 0 Å². The summed E-state index contributed by atoms with van der Waals surface area (Å²) in [6, 6.07) is 25.4. The number of hydrogen-bond donors (Lipinski definition) is 10. The van der Waals surface area contributed by atoms with Gasteiger partial charge in [0.15, 0.2) is 24.1 Å². The second kappa shape index (κ2) is 40.2. The predicted octanol–water partition coefficient (Wildman–Crippen LogP) is 0.240. The zero-order chi connectivity index (χ0) is 59.2. The van der Waals surface area contributed by atoms with Gasteiger partial charge >= 0.3 is 0 Å². The Kier molecular flexibility index (Phi) is 34.9. The van der Waals surface area contributed by atoms with Gasteiger partial charge in [0.2, 0.25) is 0 Å². The van der Waals surface area contributed by atoms with Crippen LogP contribution in [0.4, 0.5) is 0 Å². The zero-order valence-corrected chi connectivity index (χ0v) is 48.6. The van der Waals surface area contributed by atoms with E-state index >= 15 is 0 Å². The first-order chi connectivity index (χ1) is 39.6. The molecule has 6 heterocycles. The number of para-hydroxylation sites is 2. The maximum Gasteiger partial charge on any atom is 0.291 e. The number of hydrogen-bond acceptors (Lipinski definition) is 22. The Morgan fingerprint density at radius 3 is 0.894 bits per heavy atom. The van der Waals surface area contributed by atoms with E-state index in [2.05, 4.69) is 67.3 Å². The standard InChI is InChI=1S/2C28H26N2O7.2HNO3.3Pd/c2*31-18-23-24(32)25(33)26(34)28(37-23)36-17-16-35-27-21(6-4-19-8-12-29-13-9-19)2-1-3-22(27)7-5-20-10-14-30-15-11-20;2*2-1(3)4;;;/h2*1-3,8-15,23-26,28,31-34H,16-18H2;2*(H,2,3,4);;;/t2*23?,24-,25+,26?,28-;;;;;/m11...../s1. The molecule has 8 rings (SSSR count). The average Bonchev–Trinajstić information content (AvgIpc) is 3.65. The molecule has 10 N–H and O–H groups in total. The van der Waals surface area contributed by atoms with Gasteiger partial charge in [0.05, 0.1) is 48.7 Å². The number of aliphatic hydroxyl groups is 8. The summed E-state index contributed by atoms with van der Waals surface area (Å²) in [5.74, 6) is 25.7. The molecule has 2 aliphatic heterocycles. The Hall–Kier alpha value is -7.21. The van der Waals surface area contributed by atoms with Crippen LogP contribution in [0.5, 0.6) is 11.5 Å². The van der Waals surface area contributed by atoms with Crippen molar-refractivity contribution >= 4 is 0 Å². The Morgan fingerprint density at radius 2 is 0.659 bits per heavy atom. The molecule has 26 nitrogen and oxygen atoms in total. The van der Waals surface area contributed by atoms with Crippen LogP contribution in [-0.2, 0) is 80.2 Å². The van der Waals surface area contributed by atoms with Crippen molar-refractivity contribution in [3.8, 4) is 58.9 Å². The van der Waals surface area contributed by atoms with E-state index in [0.29, 0.717) is 33.8 Å². The van der Waals surface area contributed by atoms with Crippen LogP contribution in [0.25, 0.3) is 0 Å². The van der Waals surface area contributed by atoms with Crippen LogP contribution in [-0.4, -0.2) is 182 Å². The second-order valence-corrected chi connectivity index (χ2v) is 16.6. The van der Waals surface area contributed by atoms with Gasteiger partial charge in [0.25, 0.3) is 10.2 Å². The first-order valence-electron chi connectivity index (χ1n) is 24.3. The van der Waals surface area contributed by atoms with Crippen molar-refractivity contribution in [3.05, 3.63) is 199 Å². The Labute approximate surface area is 527 Å². The van der Waals surface area contributed by atoms with E-state index in [4.69, 9.17) is 59.1 Å². The molecule has 4 aromatic heterocycles. The largest absolute Gasteiger partial charge is 0.489 e. The Balaban J connectivity index is 0.000000499. The first kappa shape index (κ1) is 73.9. The minimum atomic E-state index is -1.52. The number of nitrogens with zero attached hydrogens (tertiary/aromatic N) is 6. The summed E-state index contributed by atoms with van der Waals surface area (Å²) in [6.45, 7) is -1.02. The molecule has 0 saturated carbocycles. The number of benzene rings is 2. The van der Waals surface area contributed by atoms with Crippen LogP contribution in [0.1, 0.15) is 44.5 Å². The summed E-state index contributed by atoms with van der Waals surface area (Å²) in [4.78, 5) is 32.7. The van der Waals surface area contributed by atoms with Crippen molar-refractivity contribution in [1.82, 2.24) is 19.9 Å². The van der Waals surface area contributed by atoms with Gasteiger partial charge < -0.3 is 79.7 Å². The van der Waals surface area contributed by atoms with Gasteiger partial charge in [-0.2, -0.15) is 0 Å². The Bertz CT molecular complexity index is 2840. The minimum Gasteiger partial charge on any atom is -0.489 e. The summed E-state index contributed by atoms with van der Waals surface area (Å²) in [7, 11) is 0. The third-order valence-corrected chi connectivity index (χ3v) is 11.0. The molecule has 10 atom stereocenters. The normalized spacial score (nSPS) is 20.4. The third kappa shape index (κ3) is 25.1. The maximum absolute atomic E-state index is 10.2. The quantitative estimate of drug-likeness (QED) is 0.0258. The molecule has 85 heavy (non-hydrogen) atoms. The number of rotatable bonds is 12. The molecular weight excluding hydrogens is 1400 g/mol. The summed E-state index contributed by atoms with van der Waals surface area (Å²) >= 11 is 0. The molecule has 458 valence electrons. The van der Waals surface area contributed by atoms with Gasteiger partial charge in [-0.3, -0.25) is 19.9 Å². The molecule has 2 fully saturated rings. The Morgan fingerprint density at radius 1 is 0.412 bits per heavy atom. The van der Waals surface area contributed by atoms with Crippen LogP contribution >= 0.6 is 0 Å². The molecule has 0 spiro atoms. The van der Waals surface area contributed by atoms with Gasteiger partial charge in [0, 0.05) is 133 Å². The second-order valence-electron chi connectivity index (χ2n) is 16.6. The molecule has 2 saturated heterocycles. The zero-order valence-electron chi connectivity index (χ0n) is 43.9. The summed E-state index contributed by atoms with van der Waals surface area (Å²) in [5.41, 5.74) is 5.63. The fourth-order valence-corrected chi connectivity index (χ4v) is 7.10. The van der Waals surface area contributed by atoms with Crippen molar-refractivity contribution < 1.29 is 151 Å². The molecule has 4 unspecified atom stereocenters.